The minimum Gasteiger partial charge on any atom is -0.386 e. The number of amides is 1. The predicted molar refractivity (Wildman–Crippen MR) is 116 cm³/mol. The normalized spacial score (nSPS) is 16.7. The van der Waals surface area contributed by atoms with Crippen molar-refractivity contribution in [3.05, 3.63) is 35.2 Å². The number of aliphatic hydroxyl groups is 1. The molecule has 0 saturated heterocycles. The van der Waals surface area contributed by atoms with Gasteiger partial charge in [0.25, 0.3) is 0 Å². The SMILES string of the molecule is CCNC(=NCC(=O)NC1CCCCC1)NCC(O)c1cc2ccccc2s1. The number of fused-ring (bicyclic) bond motifs is 1. The first-order chi connectivity index (χ1) is 13.7. The molecule has 6 nitrogen and oxygen atoms in total. The van der Waals surface area contributed by atoms with E-state index in [0.29, 0.717) is 25.1 Å². The molecule has 1 atom stereocenters. The number of nitrogens with zero attached hydrogens (tertiary/aromatic N) is 1. The van der Waals surface area contributed by atoms with Gasteiger partial charge in [-0.2, -0.15) is 0 Å². The second-order valence-electron chi connectivity index (χ2n) is 7.18. The van der Waals surface area contributed by atoms with Crippen molar-refractivity contribution >= 4 is 33.3 Å². The van der Waals surface area contributed by atoms with Crippen LogP contribution in [-0.2, 0) is 4.79 Å². The van der Waals surface area contributed by atoms with E-state index in [0.717, 1.165) is 27.8 Å². The zero-order chi connectivity index (χ0) is 19.8. The van der Waals surface area contributed by atoms with Crippen LogP contribution >= 0.6 is 11.3 Å². The third-order valence-corrected chi connectivity index (χ3v) is 6.15. The van der Waals surface area contributed by atoms with E-state index in [1.165, 1.54) is 19.3 Å². The molecular formula is C21H30N4O2S. The summed E-state index contributed by atoms with van der Waals surface area (Å²) in [5.74, 6) is 0.496. The van der Waals surface area contributed by atoms with E-state index in [-0.39, 0.29) is 12.5 Å². The molecule has 4 N–H and O–H groups in total. The molecule has 0 aliphatic heterocycles. The highest BCUT2D eigenvalue weighted by Gasteiger charge is 2.16. The summed E-state index contributed by atoms with van der Waals surface area (Å²) in [6.07, 6.45) is 5.14. The molecule has 2 aromatic rings. The molecule has 1 unspecified atom stereocenters. The van der Waals surface area contributed by atoms with Gasteiger partial charge in [0.1, 0.15) is 12.6 Å². The van der Waals surface area contributed by atoms with Crippen LogP contribution in [0.4, 0.5) is 0 Å². The maximum absolute atomic E-state index is 12.2. The monoisotopic (exact) mass is 402 g/mol. The standard InChI is InChI=1S/C21H30N4O2S/c1-2-22-21(24-14-20(27)25-16-9-4-3-5-10-16)23-13-17(26)19-12-15-8-6-7-11-18(15)28-19/h6-8,11-12,16-17,26H,2-5,9-10,13-14H2,1H3,(H,25,27)(H2,22,23,24). The van der Waals surface area contributed by atoms with Gasteiger partial charge in [0.15, 0.2) is 5.96 Å². The van der Waals surface area contributed by atoms with Gasteiger partial charge >= 0.3 is 0 Å². The summed E-state index contributed by atoms with van der Waals surface area (Å²) in [5.41, 5.74) is 0. The molecule has 1 aromatic carbocycles. The highest BCUT2D eigenvalue weighted by molar-refractivity contribution is 7.19. The Kier molecular flexibility index (Phi) is 7.68. The summed E-state index contributed by atoms with van der Waals surface area (Å²) in [4.78, 5) is 17.4. The average molecular weight is 403 g/mol. The number of aliphatic imine (C=N–C) groups is 1. The lowest BCUT2D eigenvalue weighted by atomic mass is 9.95. The van der Waals surface area contributed by atoms with Crippen LogP contribution in [0.2, 0.25) is 0 Å². The molecule has 1 fully saturated rings. The van der Waals surface area contributed by atoms with Gasteiger partial charge in [-0.15, -0.1) is 11.3 Å². The van der Waals surface area contributed by atoms with Gasteiger partial charge in [0, 0.05) is 28.7 Å². The maximum atomic E-state index is 12.2. The number of guanidine groups is 1. The minimum absolute atomic E-state index is 0.0471. The summed E-state index contributed by atoms with van der Waals surface area (Å²) in [7, 11) is 0. The fraction of sp³-hybridized carbons (Fsp3) is 0.524. The molecule has 1 aromatic heterocycles. The largest absolute Gasteiger partial charge is 0.386 e. The Morgan fingerprint density at radius 1 is 1.25 bits per heavy atom. The number of carbonyl (C=O) groups excluding carboxylic acids is 1. The van der Waals surface area contributed by atoms with E-state index in [1.54, 1.807) is 11.3 Å². The molecule has 7 heteroatoms. The smallest absolute Gasteiger partial charge is 0.242 e. The number of hydrogen-bond donors (Lipinski definition) is 4. The Morgan fingerprint density at radius 2 is 2.04 bits per heavy atom. The second-order valence-corrected chi connectivity index (χ2v) is 8.30. The van der Waals surface area contributed by atoms with Crippen LogP contribution in [0, 0.1) is 0 Å². The number of nitrogens with one attached hydrogen (secondary N) is 3. The van der Waals surface area contributed by atoms with Gasteiger partial charge < -0.3 is 21.1 Å². The fourth-order valence-corrected chi connectivity index (χ4v) is 4.52. The van der Waals surface area contributed by atoms with E-state index >= 15 is 0 Å². The number of rotatable bonds is 7. The molecule has 0 spiro atoms. The Labute approximate surface area is 170 Å². The number of hydrogen-bond acceptors (Lipinski definition) is 4. The maximum Gasteiger partial charge on any atom is 0.242 e. The summed E-state index contributed by atoms with van der Waals surface area (Å²) in [5, 5.41) is 21.0. The molecule has 1 aliphatic rings. The molecule has 28 heavy (non-hydrogen) atoms. The van der Waals surface area contributed by atoms with Crippen molar-refractivity contribution in [2.24, 2.45) is 4.99 Å². The zero-order valence-corrected chi connectivity index (χ0v) is 17.2. The average Bonchev–Trinajstić information content (AvgIpc) is 3.15. The lowest BCUT2D eigenvalue weighted by Gasteiger charge is -2.22. The van der Waals surface area contributed by atoms with Crippen molar-refractivity contribution in [3.8, 4) is 0 Å². The summed E-state index contributed by atoms with van der Waals surface area (Å²) < 4.78 is 1.16. The van der Waals surface area contributed by atoms with E-state index in [1.807, 2.05) is 31.2 Å². The quantitative estimate of drug-likeness (QED) is 0.424. The second kappa shape index (κ2) is 10.4. The Morgan fingerprint density at radius 3 is 2.79 bits per heavy atom. The van der Waals surface area contributed by atoms with Crippen LogP contribution in [-0.4, -0.2) is 42.6 Å². The number of aliphatic hydroxyl groups excluding tert-OH is 1. The van der Waals surface area contributed by atoms with Crippen LogP contribution < -0.4 is 16.0 Å². The van der Waals surface area contributed by atoms with E-state index in [9.17, 15) is 9.90 Å². The lowest BCUT2D eigenvalue weighted by Crippen LogP contribution is -2.41. The first kappa shape index (κ1) is 20.6. The molecule has 1 aliphatic carbocycles. The molecule has 0 radical (unpaired) electrons. The van der Waals surface area contributed by atoms with Crippen molar-refractivity contribution in [2.45, 2.75) is 51.2 Å². The van der Waals surface area contributed by atoms with Crippen LogP contribution in [0.25, 0.3) is 10.1 Å². The van der Waals surface area contributed by atoms with E-state index < -0.39 is 6.10 Å². The molecule has 152 valence electrons. The highest BCUT2D eigenvalue weighted by atomic mass is 32.1. The summed E-state index contributed by atoms with van der Waals surface area (Å²) in [6, 6.07) is 10.4. The van der Waals surface area contributed by atoms with Gasteiger partial charge in [-0.1, -0.05) is 37.5 Å². The Balaban J connectivity index is 1.51. The third kappa shape index (κ3) is 5.94. The molecule has 1 amide bonds. The van der Waals surface area contributed by atoms with Crippen molar-refractivity contribution < 1.29 is 9.90 Å². The van der Waals surface area contributed by atoms with E-state index in [2.05, 4.69) is 27.0 Å². The molecular weight excluding hydrogens is 372 g/mol. The van der Waals surface area contributed by atoms with Gasteiger partial charge in [-0.3, -0.25) is 4.79 Å². The van der Waals surface area contributed by atoms with Gasteiger partial charge in [0.2, 0.25) is 5.91 Å². The number of thiophene rings is 1. The molecule has 0 bridgehead atoms. The van der Waals surface area contributed by atoms with Crippen molar-refractivity contribution in [3.63, 3.8) is 0 Å². The first-order valence-corrected chi connectivity index (χ1v) is 11.0. The Hall–Kier alpha value is -2.12. The Bertz CT molecular complexity index is 766. The van der Waals surface area contributed by atoms with E-state index in [4.69, 9.17) is 0 Å². The number of benzene rings is 1. The van der Waals surface area contributed by atoms with Gasteiger partial charge in [-0.25, -0.2) is 4.99 Å². The first-order valence-electron chi connectivity index (χ1n) is 10.1. The van der Waals surface area contributed by atoms with Crippen molar-refractivity contribution in [1.82, 2.24) is 16.0 Å². The van der Waals surface area contributed by atoms with Gasteiger partial charge in [0.05, 0.1) is 0 Å². The fourth-order valence-electron chi connectivity index (χ4n) is 3.47. The van der Waals surface area contributed by atoms with Crippen LogP contribution in [0.3, 0.4) is 0 Å². The number of carbonyl (C=O) groups is 1. The minimum atomic E-state index is -0.627. The molecule has 1 heterocycles. The van der Waals surface area contributed by atoms with Crippen molar-refractivity contribution in [2.75, 3.05) is 19.6 Å². The molecule has 3 rings (SSSR count). The van der Waals surface area contributed by atoms with Crippen molar-refractivity contribution in [1.29, 1.82) is 0 Å². The van der Waals surface area contributed by atoms with Gasteiger partial charge in [-0.05, 0) is 37.3 Å². The zero-order valence-electron chi connectivity index (χ0n) is 16.4. The van der Waals surface area contributed by atoms with Crippen LogP contribution in [0.1, 0.15) is 50.0 Å². The van der Waals surface area contributed by atoms with Crippen LogP contribution in [0.15, 0.2) is 35.3 Å². The summed E-state index contributed by atoms with van der Waals surface area (Å²) >= 11 is 1.59. The third-order valence-electron chi connectivity index (χ3n) is 4.93. The topological polar surface area (TPSA) is 85.8 Å². The van der Waals surface area contributed by atoms with Crippen LogP contribution in [0.5, 0.6) is 0 Å². The molecule has 1 saturated carbocycles. The highest BCUT2D eigenvalue weighted by Crippen LogP contribution is 2.29. The summed E-state index contributed by atoms with van der Waals surface area (Å²) in [6.45, 7) is 3.09. The lowest BCUT2D eigenvalue weighted by molar-refractivity contribution is -0.120. The predicted octanol–water partition coefficient (Wildman–Crippen LogP) is 2.94.